The van der Waals surface area contributed by atoms with Crippen LogP contribution < -0.4 is 16.0 Å². The van der Waals surface area contributed by atoms with E-state index in [2.05, 4.69) is 46.9 Å². The Morgan fingerprint density at radius 2 is 1.51 bits per heavy atom. The maximum Gasteiger partial charge on any atom is 0.324 e. The molecule has 1 atom stereocenters. The van der Waals surface area contributed by atoms with E-state index in [0.717, 1.165) is 54.1 Å². The smallest absolute Gasteiger partial charge is 0.317 e. The highest BCUT2D eigenvalue weighted by molar-refractivity contribution is 6.04. The van der Waals surface area contributed by atoms with E-state index in [1.807, 2.05) is 98.8 Å². The lowest BCUT2D eigenvalue weighted by Gasteiger charge is -2.31. The molecular weight excluding hydrogens is 588 g/mol. The number of carbonyl (C=O) groups is 2. The first kappa shape index (κ1) is 31.9. The largest absolute Gasteiger partial charge is 0.324 e. The molecule has 0 radical (unpaired) electrons. The quantitative estimate of drug-likeness (QED) is 0.159. The zero-order valence-corrected chi connectivity index (χ0v) is 27.6. The lowest BCUT2D eigenvalue weighted by molar-refractivity contribution is 0.0910. The number of carbonyl (C=O) groups excluding carboxylic acids is 2. The molecule has 2 aromatic heterocycles. The first-order valence-corrected chi connectivity index (χ1v) is 16.2. The summed E-state index contributed by atoms with van der Waals surface area (Å²) in [6.45, 7) is 11.8. The molecule has 47 heavy (non-hydrogen) atoms. The number of anilines is 2. The van der Waals surface area contributed by atoms with Crippen molar-refractivity contribution in [3.05, 3.63) is 113 Å². The molecule has 1 unspecified atom stereocenters. The van der Waals surface area contributed by atoms with Crippen LogP contribution in [0.5, 0.6) is 0 Å². The fraction of sp³-hybridized carbons (Fsp3) is 0.324. The molecule has 1 aliphatic rings. The minimum absolute atomic E-state index is 0.0633. The monoisotopic (exact) mass is 630 g/mol. The Labute approximate surface area is 275 Å². The summed E-state index contributed by atoms with van der Waals surface area (Å²) >= 11 is 0. The van der Waals surface area contributed by atoms with Crippen molar-refractivity contribution < 1.29 is 9.59 Å². The van der Waals surface area contributed by atoms with Gasteiger partial charge in [0, 0.05) is 17.2 Å². The highest BCUT2D eigenvalue weighted by Gasteiger charge is 2.36. The molecule has 0 bridgehead atoms. The van der Waals surface area contributed by atoms with E-state index in [-0.39, 0.29) is 17.1 Å². The Kier molecular flexibility index (Phi) is 9.04. The van der Waals surface area contributed by atoms with E-state index >= 15 is 0 Å². The molecular formula is C37H42N8O2. The number of amides is 2. The highest BCUT2D eigenvalue weighted by atomic mass is 16.2. The van der Waals surface area contributed by atoms with E-state index in [1.165, 1.54) is 4.80 Å². The lowest BCUT2D eigenvalue weighted by atomic mass is 9.76. The number of nitrogens with one attached hydrogen (secondary N) is 3. The fourth-order valence-electron chi connectivity index (χ4n) is 6.09. The number of nitrogens with zero attached hydrogens (tertiary/aromatic N) is 5. The van der Waals surface area contributed by atoms with Crippen LogP contribution in [0.2, 0.25) is 0 Å². The van der Waals surface area contributed by atoms with Gasteiger partial charge in [-0.25, -0.2) is 9.48 Å². The summed E-state index contributed by atoms with van der Waals surface area (Å²) in [4.78, 5) is 29.7. The summed E-state index contributed by atoms with van der Waals surface area (Å²) in [5.41, 5.74) is 5.64. The van der Waals surface area contributed by atoms with Crippen LogP contribution in [0.3, 0.4) is 0 Å². The Bertz CT molecular complexity index is 1860. The van der Waals surface area contributed by atoms with Crippen molar-refractivity contribution in [2.24, 2.45) is 5.92 Å². The lowest BCUT2D eigenvalue weighted by Crippen LogP contribution is -2.34. The zero-order valence-electron chi connectivity index (χ0n) is 27.6. The van der Waals surface area contributed by atoms with Gasteiger partial charge in [0.15, 0.2) is 11.5 Å². The predicted octanol–water partition coefficient (Wildman–Crippen LogP) is 6.98. The maximum absolute atomic E-state index is 14.5. The SMILES string of the molecule is Cc1ccc(-n2nc(C(C)(C)C)cc2NC(=O)Nc2ccccc2C(C(=O)c2nn(-c3ccccc3)nc2C)C2CCNCC2)cc1. The summed E-state index contributed by atoms with van der Waals surface area (Å²) < 4.78 is 1.76. The molecule has 2 amide bonds. The maximum atomic E-state index is 14.5. The Morgan fingerprint density at radius 1 is 0.830 bits per heavy atom. The molecule has 3 N–H and O–H groups in total. The number of rotatable bonds is 8. The van der Waals surface area contributed by atoms with Crippen LogP contribution in [0.1, 0.15) is 72.5 Å². The van der Waals surface area contributed by atoms with E-state index in [0.29, 0.717) is 22.9 Å². The van der Waals surface area contributed by atoms with Gasteiger partial charge in [0.2, 0.25) is 0 Å². The number of Topliss-reactive ketones (excluding diaryl/α,β-unsaturated/α-hetero) is 1. The van der Waals surface area contributed by atoms with Crippen molar-refractivity contribution in [1.29, 1.82) is 0 Å². The summed E-state index contributed by atoms with van der Waals surface area (Å²) in [6.07, 6.45) is 1.66. The van der Waals surface area contributed by atoms with Crippen molar-refractivity contribution in [1.82, 2.24) is 30.1 Å². The summed E-state index contributed by atoms with van der Waals surface area (Å²) in [5, 5.41) is 23.6. The van der Waals surface area contributed by atoms with Gasteiger partial charge in [-0.15, -0.1) is 5.10 Å². The third-order valence-corrected chi connectivity index (χ3v) is 8.68. The van der Waals surface area contributed by atoms with Gasteiger partial charge >= 0.3 is 6.03 Å². The molecule has 0 spiro atoms. The van der Waals surface area contributed by atoms with E-state index < -0.39 is 11.9 Å². The molecule has 3 aromatic carbocycles. The second-order valence-corrected chi connectivity index (χ2v) is 13.3. The Hall–Kier alpha value is -5.09. The number of piperidine rings is 1. The van der Waals surface area contributed by atoms with Crippen LogP contribution in [-0.4, -0.2) is 49.7 Å². The van der Waals surface area contributed by atoms with Gasteiger partial charge in [0.25, 0.3) is 0 Å². The van der Waals surface area contributed by atoms with Crippen molar-refractivity contribution in [3.8, 4) is 11.4 Å². The minimum atomic E-state index is -0.515. The first-order valence-electron chi connectivity index (χ1n) is 16.2. The molecule has 0 saturated carbocycles. The molecule has 1 fully saturated rings. The predicted molar refractivity (Wildman–Crippen MR) is 185 cm³/mol. The van der Waals surface area contributed by atoms with Crippen LogP contribution >= 0.6 is 0 Å². The summed E-state index contributed by atoms with van der Waals surface area (Å²) in [7, 11) is 0. The number of ketones is 1. The van der Waals surface area contributed by atoms with Crippen molar-refractivity contribution in [2.45, 2.75) is 58.8 Å². The van der Waals surface area contributed by atoms with Crippen molar-refractivity contribution >= 4 is 23.3 Å². The average molecular weight is 631 g/mol. The standard InChI is InChI=1S/C37H42N8O2/c1-24-15-17-27(18-16-24)44-32(23-31(42-44)37(3,4)5)40-36(47)39-30-14-10-9-13-29(30)33(26-19-21-38-22-20-26)35(46)34-25(2)41-45(43-34)28-11-7-6-8-12-28/h6-18,23,26,33,38H,19-22H2,1-5H3,(H2,39,40,47). The van der Waals surface area contributed by atoms with Crippen molar-refractivity contribution in [2.75, 3.05) is 23.7 Å². The highest BCUT2D eigenvalue weighted by Crippen LogP contribution is 2.38. The van der Waals surface area contributed by atoms with Gasteiger partial charge in [0.05, 0.1) is 28.7 Å². The molecule has 1 saturated heterocycles. The number of para-hydroxylation sites is 2. The first-order chi connectivity index (χ1) is 22.6. The second-order valence-electron chi connectivity index (χ2n) is 13.3. The Balaban J connectivity index is 1.32. The van der Waals surface area contributed by atoms with Crippen LogP contribution in [-0.2, 0) is 5.41 Å². The topological polar surface area (TPSA) is 119 Å². The molecule has 6 rings (SSSR count). The number of aryl methyl sites for hydroxylation is 2. The number of benzene rings is 3. The minimum Gasteiger partial charge on any atom is -0.317 e. The van der Waals surface area contributed by atoms with Gasteiger partial charge in [-0.05, 0) is 81.6 Å². The summed E-state index contributed by atoms with van der Waals surface area (Å²) in [5.74, 6) is -0.00134. The molecule has 10 heteroatoms. The van der Waals surface area contributed by atoms with Crippen LogP contribution in [0, 0.1) is 19.8 Å². The average Bonchev–Trinajstić information content (AvgIpc) is 3.67. The zero-order chi connectivity index (χ0) is 33.1. The van der Waals surface area contributed by atoms with Crippen LogP contribution in [0.15, 0.2) is 84.9 Å². The third kappa shape index (κ3) is 7.02. The molecule has 242 valence electrons. The van der Waals surface area contributed by atoms with Gasteiger partial charge in [-0.3, -0.25) is 10.1 Å². The van der Waals surface area contributed by atoms with E-state index in [1.54, 1.807) is 4.68 Å². The molecule has 1 aliphatic heterocycles. The molecule has 3 heterocycles. The van der Waals surface area contributed by atoms with Crippen molar-refractivity contribution in [3.63, 3.8) is 0 Å². The van der Waals surface area contributed by atoms with E-state index in [4.69, 9.17) is 5.10 Å². The summed E-state index contributed by atoms with van der Waals surface area (Å²) in [6, 6.07) is 26.6. The molecule has 10 nitrogen and oxygen atoms in total. The molecule has 5 aromatic rings. The molecule has 0 aliphatic carbocycles. The normalized spacial score (nSPS) is 14.5. The van der Waals surface area contributed by atoms with Gasteiger partial charge in [-0.1, -0.05) is 74.9 Å². The van der Waals surface area contributed by atoms with Gasteiger partial charge < -0.3 is 10.6 Å². The van der Waals surface area contributed by atoms with E-state index in [9.17, 15) is 9.59 Å². The Morgan fingerprint density at radius 3 is 2.21 bits per heavy atom. The van der Waals surface area contributed by atoms with Crippen LogP contribution in [0.4, 0.5) is 16.3 Å². The van der Waals surface area contributed by atoms with Crippen LogP contribution in [0.25, 0.3) is 11.4 Å². The van der Waals surface area contributed by atoms with Gasteiger partial charge in [0.1, 0.15) is 5.82 Å². The second kappa shape index (κ2) is 13.3. The number of aromatic nitrogens is 5. The fourth-order valence-corrected chi connectivity index (χ4v) is 6.09. The number of urea groups is 1. The number of hydrogen-bond acceptors (Lipinski definition) is 6. The third-order valence-electron chi connectivity index (χ3n) is 8.68. The van der Waals surface area contributed by atoms with Gasteiger partial charge in [-0.2, -0.15) is 15.0 Å². The number of hydrogen-bond donors (Lipinski definition) is 3.